The zero-order valence-electron chi connectivity index (χ0n) is 7.81. The van der Waals surface area contributed by atoms with Gasteiger partial charge in [-0.05, 0) is 31.2 Å². The first-order valence-electron chi connectivity index (χ1n) is 4.77. The second-order valence-corrected chi connectivity index (χ2v) is 4.96. The largest absolute Gasteiger partial charge is 0.324 e. The monoisotopic (exact) mass is 229 g/mol. The van der Waals surface area contributed by atoms with Gasteiger partial charge in [0.05, 0.1) is 16.4 Å². The molecule has 1 heterocycles. The van der Waals surface area contributed by atoms with Crippen molar-refractivity contribution in [3.8, 4) is 0 Å². The molecule has 76 valence electrons. The second kappa shape index (κ2) is 4.01. The lowest BCUT2D eigenvalue weighted by atomic mass is 9.99. The highest BCUT2D eigenvalue weighted by atomic mass is 35.5. The summed E-state index contributed by atoms with van der Waals surface area (Å²) in [5.74, 6) is -0.0330. The van der Waals surface area contributed by atoms with Crippen molar-refractivity contribution in [3.05, 3.63) is 20.3 Å². The average molecular weight is 230 g/mol. The molecule has 0 amide bonds. The number of aryl methyl sites for hydroxylation is 1. The fraction of sp³-hybridized carbons (Fsp3) is 0.500. The van der Waals surface area contributed by atoms with E-state index in [1.54, 1.807) is 0 Å². The smallest absolute Gasteiger partial charge is 0.187 e. The minimum Gasteiger partial charge on any atom is -0.324 e. The Balaban J connectivity index is 2.43. The van der Waals surface area contributed by atoms with Gasteiger partial charge in [0.1, 0.15) is 0 Å². The number of thiophene rings is 1. The van der Waals surface area contributed by atoms with Crippen molar-refractivity contribution in [2.45, 2.75) is 25.7 Å². The van der Waals surface area contributed by atoms with Gasteiger partial charge in [-0.2, -0.15) is 0 Å². The summed E-state index contributed by atoms with van der Waals surface area (Å²) >= 11 is 7.68. The van der Waals surface area contributed by atoms with Crippen molar-refractivity contribution in [2.75, 3.05) is 6.54 Å². The van der Waals surface area contributed by atoms with Crippen LogP contribution < -0.4 is 5.73 Å². The zero-order chi connectivity index (χ0) is 10.1. The Morgan fingerprint density at radius 3 is 2.79 bits per heavy atom. The Morgan fingerprint density at radius 2 is 2.14 bits per heavy atom. The molecular weight excluding hydrogens is 218 g/mol. The minimum absolute atomic E-state index is 0.0330. The van der Waals surface area contributed by atoms with Crippen LogP contribution in [0.3, 0.4) is 0 Å². The van der Waals surface area contributed by atoms with Gasteiger partial charge in [0.15, 0.2) is 5.78 Å². The maximum absolute atomic E-state index is 11.5. The van der Waals surface area contributed by atoms with Gasteiger partial charge in [0.2, 0.25) is 0 Å². The Hall–Kier alpha value is -0.380. The lowest BCUT2D eigenvalue weighted by Crippen LogP contribution is -2.12. The second-order valence-electron chi connectivity index (χ2n) is 3.48. The molecule has 0 aromatic carbocycles. The zero-order valence-corrected chi connectivity index (χ0v) is 9.38. The molecule has 0 saturated carbocycles. The van der Waals surface area contributed by atoms with Gasteiger partial charge in [-0.25, -0.2) is 0 Å². The number of fused-ring (bicyclic) bond motifs is 1. The molecule has 0 saturated heterocycles. The van der Waals surface area contributed by atoms with Crippen molar-refractivity contribution < 1.29 is 4.79 Å². The Kier molecular flexibility index (Phi) is 2.91. The lowest BCUT2D eigenvalue weighted by Gasteiger charge is -2.09. The quantitative estimate of drug-likeness (QED) is 0.792. The van der Waals surface area contributed by atoms with Gasteiger partial charge >= 0.3 is 0 Å². The number of hydrogen-bond donors (Lipinski definition) is 1. The molecule has 0 unspecified atom stereocenters. The van der Waals surface area contributed by atoms with E-state index in [4.69, 9.17) is 17.3 Å². The van der Waals surface area contributed by atoms with E-state index in [1.165, 1.54) is 34.6 Å². The van der Waals surface area contributed by atoms with Crippen LogP contribution >= 0.6 is 22.9 Å². The molecule has 2 nitrogen and oxygen atoms in total. The van der Waals surface area contributed by atoms with Crippen molar-refractivity contribution in [2.24, 2.45) is 5.73 Å². The molecule has 0 spiro atoms. The highest BCUT2D eigenvalue weighted by molar-refractivity contribution is 7.15. The summed E-state index contributed by atoms with van der Waals surface area (Å²) in [6.45, 7) is 0.0547. The maximum Gasteiger partial charge on any atom is 0.187 e. The van der Waals surface area contributed by atoms with E-state index in [9.17, 15) is 4.79 Å². The standard InChI is InChI=1S/C10H12ClNOS/c11-9-6-3-1-2-4-8(6)14-10(9)7(13)5-12/h1-5,12H2. The van der Waals surface area contributed by atoms with Crippen LogP contribution in [-0.2, 0) is 12.8 Å². The summed E-state index contributed by atoms with van der Waals surface area (Å²) in [6, 6.07) is 0. The summed E-state index contributed by atoms with van der Waals surface area (Å²) in [4.78, 5) is 13.4. The Labute approximate surface area is 92.1 Å². The van der Waals surface area contributed by atoms with E-state index in [0.717, 1.165) is 12.8 Å². The first-order valence-corrected chi connectivity index (χ1v) is 5.96. The fourth-order valence-electron chi connectivity index (χ4n) is 1.80. The predicted octanol–water partition coefficient (Wildman–Crippen LogP) is 2.42. The number of Topliss-reactive ketones (excluding diaryl/α,β-unsaturated/α-hetero) is 1. The van der Waals surface area contributed by atoms with E-state index in [1.807, 2.05) is 0 Å². The third kappa shape index (κ3) is 1.60. The van der Waals surface area contributed by atoms with E-state index in [0.29, 0.717) is 9.90 Å². The number of halogens is 1. The van der Waals surface area contributed by atoms with Gasteiger partial charge in [0.25, 0.3) is 0 Å². The summed E-state index contributed by atoms with van der Waals surface area (Å²) in [5.41, 5.74) is 6.52. The summed E-state index contributed by atoms with van der Waals surface area (Å²) < 4.78 is 0. The normalized spacial score (nSPS) is 15.3. The summed E-state index contributed by atoms with van der Waals surface area (Å²) in [6.07, 6.45) is 4.47. The van der Waals surface area contributed by atoms with Crippen LogP contribution in [0.4, 0.5) is 0 Å². The van der Waals surface area contributed by atoms with Gasteiger partial charge in [-0.15, -0.1) is 11.3 Å². The van der Waals surface area contributed by atoms with Crippen molar-refractivity contribution in [3.63, 3.8) is 0 Å². The topological polar surface area (TPSA) is 43.1 Å². The number of carbonyl (C=O) groups is 1. The molecule has 0 aliphatic heterocycles. The molecular formula is C10H12ClNOS. The minimum atomic E-state index is -0.0330. The van der Waals surface area contributed by atoms with E-state index in [2.05, 4.69) is 0 Å². The van der Waals surface area contributed by atoms with Gasteiger partial charge in [-0.1, -0.05) is 11.6 Å². The number of ketones is 1. The van der Waals surface area contributed by atoms with Crippen molar-refractivity contribution >= 4 is 28.7 Å². The summed E-state index contributed by atoms with van der Waals surface area (Å²) in [5, 5.41) is 0.667. The number of rotatable bonds is 2. The lowest BCUT2D eigenvalue weighted by molar-refractivity contribution is 0.101. The van der Waals surface area contributed by atoms with Crippen molar-refractivity contribution in [1.29, 1.82) is 0 Å². The molecule has 2 N–H and O–H groups in total. The SMILES string of the molecule is NCC(=O)c1sc2c(c1Cl)CCCC2. The molecule has 1 aliphatic carbocycles. The third-order valence-electron chi connectivity index (χ3n) is 2.55. The molecule has 4 heteroatoms. The van der Waals surface area contributed by atoms with E-state index < -0.39 is 0 Å². The first kappa shape index (κ1) is 10.1. The fourth-order valence-corrected chi connectivity index (χ4v) is 3.52. The molecule has 0 bridgehead atoms. The molecule has 2 rings (SSSR count). The Morgan fingerprint density at radius 1 is 1.43 bits per heavy atom. The van der Waals surface area contributed by atoms with Crippen LogP contribution in [-0.4, -0.2) is 12.3 Å². The van der Waals surface area contributed by atoms with Crippen LogP contribution in [0.15, 0.2) is 0 Å². The maximum atomic E-state index is 11.5. The number of hydrogen-bond acceptors (Lipinski definition) is 3. The summed E-state index contributed by atoms with van der Waals surface area (Å²) in [7, 11) is 0. The molecule has 0 atom stereocenters. The first-order chi connectivity index (χ1) is 6.74. The van der Waals surface area contributed by atoms with Crippen molar-refractivity contribution in [1.82, 2.24) is 0 Å². The molecule has 14 heavy (non-hydrogen) atoms. The Bertz CT molecular complexity index is 372. The van der Waals surface area contributed by atoms with Gasteiger partial charge < -0.3 is 5.73 Å². The van der Waals surface area contributed by atoms with Crippen LogP contribution in [0.2, 0.25) is 5.02 Å². The third-order valence-corrected chi connectivity index (χ3v) is 4.41. The number of carbonyl (C=O) groups excluding carboxylic acids is 1. The molecule has 1 aromatic rings. The molecule has 0 radical (unpaired) electrons. The predicted molar refractivity (Wildman–Crippen MR) is 59.4 cm³/mol. The average Bonchev–Trinajstić information content (AvgIpc) is 2.56. The van der Waals surface area contributed by atoms with E-state index in [-0.39, 0.29) is 12.3 Å². The highest BCUT2D eigenvalue weighted by Crippen LogP contribution is 2.37. The van der Waals surface area contributed by atoms with Crippen LogP contribution in [0.5, 0.6) is 0 Å². The van der Waals surface area contributed by atoms with E-state index >= 15 is 0 Å². The van der Waals surface area contributed by atoms with Gasteiger partial charge in [-0.3, -0.25) is 4.79 Å². The molecule has 1 aliphatic rings. The highest BCUT2D eigenvalue weighted by Gasteiger charge is 2.22. The van der Waals surface area contributed by atoms with Crippen LogP contribution in [0.1, 0.15) is 33.0 Å². The van der Waals surface area contributed by atoms with Gasteiger partial charge in [0, 0.05) is 4.88 Å². The molecule has 0 fully saturated rings. The number of nitrogens with two attached hydrogens (primary N) is 1. The van der Waals surface area contributed by atoms with Crippen LogP contribution in [0.25, 0.3) is 0 Å². The van der Waals surface area contributed by atoms with Crippen LogP contribution in [0, 0.1) is 0 Å². The molecule has 1 aromatic heterocycles.